The molecule has 0 fully saturated rings. The molecule has 0 heterocycles. The lowest BCUT2D eigenvalue weighted by Crippen LogP contribution is -2.44. The third kappa shape index (κ3) is 3.62. The minimum absolute atomic E-state index is 0.292. The molecule has 2 aromatic rings. The number of ketones is 1. The van der Waals surface area contributed by atoms with Crippen LogP contribution >= 0.6 is 15.9 Å². The van der Waals surface area contributed by atoms with Crippen LogP contribution < -0.4 is 0 Å². The van der Waals surface area contributed by atoms with Crippen LogP contribution in [0.15, 0.2) is 46.9 Å². The molecule has 0 radical (unpaired) electrons. The highest BCUT2D eigenvalue weighted by Crippen LogP contribution is 2.43. The number of hydrogen-bond acceptors (Lipinski definition) is 3. The number of carbonyl (C=O) groups is 1. The second-order valence-corrected chi connectivity index (χ2v) is 6.40. The predicted molar refractivity (Wildman–Crippen MR) is 85.9 cm³/mol. The Morgan fingerprint density at radius 3 is 2.42 bits per heavy atom. The van der Waals surface area contributed by atoms with Gasteiger partial charge in [0.2, 0.25) is 0 Å². The van der Waals surface area contributed by atoms with E-state index in [4.69, 9.17) is 0 Å². The van der Waals surface area contributed by atoms with E-state index < -0.39 is 35.3 Å². The minimum atomic E-state index is -5.06. The second kappa shape index (κ2) is 6.57. The fourth-order valence-electron chi connectivity index (χ4n) is 2.33. The number of aromatic hydroxyl groups is 1. The van der Waals surface area contributed by atoms with Gasteiger partial charge in [-0.25, -0.2) is 0 Å². The standard InChI is InChI=1S/C17H14BrF3O3/c1-10-3-2-4-11(7-10)16(24,17(19,20)21)9-15(23)13-8-12(18)5-6-14(13)22/h2-8,22,24H,9H2,1H3/t16-/m0/s1. The van der Waals surface area contributed by atoms with E-state index in [2.05, 4.69) is 15.9 Å². The summed E-state index contributed by atoms with van der Waals surface area (Å²) in [4.78, 5) is 12.3. The predicted octanol–water partition coefficient (Wildman–Crippen LogP) is 4.49. The van der Waals surface area contributed by atoms with Crippen molar-refractivity contribution in [2.75, 3.05) is 0 Å². The lowest BCUT2D eigenvalue weighted by atomic mass is 9.85. The summed E-state index contributed by atoms with van der Waals surface area (Å²) in [6, 6.07) is 9.12. The van der Waals surface area contributed by atoms with Gasteiger partial charge in [-0.15, -0.1) is 0 Å². The fourth-order valence-corrected chi connectivity index (χ4v) is 2.69. The maximum atomic E-state index is 13.5. The number of aliphatic hydroxyl groups is 1. The average Bonchev–Trinajstić information content (AvgIpc) is 2.48. The fraction of sp³-hybridized carbons (Fsp3) is 0.235. The molecule has 0 aliphatic heterocycles. The molecule has 0 unspecified atom stereocenters. The number of benzene rings is 2. The number of Topliss-reactive ketones (excluding diaryl/α,β-unsaturated/α-hetero) is 1. The summed E-state index contributed by atoms with van der Waals surface area (Å²) >= 11 is 3.09. The van der Waals surface area contributed by atoms with Gasteiger partial charge >= 0.3 is 6.18 Å². The largest absolute Gasteiger partial charge is 0.507 e. The summed E-state index contributed by atoms with van der Waals surface area (Å²) < 4.78 is 40.9. The Bertz CT molecular complexity index is 774. The van der Waals surface area contributed by atoms with Crippen LogP contribution in [-0.4, -0.2) is 22.2 Å². The summed E-state index contributed by atoms with van der Waals surface area (Å²) in [5.74, 6) is -1.47. The van der Waals surface area contributed by atoms with Gasteiger partial charge in [-0.3, -0.25) is 4.79 Å². The van der Waals surface area contributed by atoms with Crippen LogP contribution in [0, 0.1) is 6.92 Å². The van der Waals surface area contributed by atoms with Gasteiger partial charge in [-0.1, -0.05) is 45.8 Å². The molecule has 128 valence electrons. The van der Waals surface area contributed by atoms with E-state index in [1.54, 1.807) is 13.0 Å². The zero-order valence-electron chi connectivity index (χ0n) is 12.6. The first-order valence-corrected chi connectivity index (χ1v) is 7.72. The van der Waals surface area contributed by atoms with E-state index in [9.17, 15) is 28.2 Å². The van der Waals surface area contributed by atoms with E-state index in [1.807, 2.05) is 0 Å². The van der Waals surface area contributed by atoms with Gasteiger partial charge in [0.1, 0.15) is 5.75 Å². The van der Waals surface area contributed by atoms with Crippen molar-refractivity contribution in [2.24, 2.45) is 0 Å². The van der Waals surface area contributed by atoms with Gasteiger partial charge in [0.15, 0.2) is 11.4 Å². The van der Waals surface area contributed by atoms with E-state index in [-0.39, 0.29) is 5.56 Å². The van der Waals surface area contributed by atoms with Gasteiger partial charge in [0.05, 0.1) is 12.0 Å². The van der Waals surface area contributed by atoms with Crippen LogP contribution in [0.25, 0.3) is 0 Å². The maximum Gasteiger partial charge on any atom is 0.421 e. The number of aryl methyl sites for hydroxylation is 1. The van der Waals surface area contributed by atoms with E-state index in [0.29, 0.717) is 10.0 Å². The highest BCUT2D eigenvalue weighted by molar-refractivity contribution is 9.10. The number of halogens is 4. The van der Waals surface area contributed by atoms with Crippen molar-refractivity contribution in [2.45, 2.75) is 25.1 Å². The molecular weight excluding hydrogens is 389 g/mol. The minimum Gasteiger partial charge on any atom is -0.507 e. The van der Waals surface area contributed by atoms with Crippen molar-refractivity contribution < 1.29 is 28.2 Å². The molecular formula is C17H14BrF3O3. The van der Waals surface area contributed by atoms with E-state index in [1.165, 1.54) is 30.3 Å². The normalized spacial score (nSPS) is 14.2. The lowest BCUT2D eigenvalue weighted by Gasteiger charge is -2.30. The van der Waals surface area contributed by atoms with Crippen molar-refractivity contribution in [1.29, 1.82) is 0 Å². The van der Waals surface area contributed by atoms with E-state index >= 15 is 0 Å². The SMILES string of the molecule is Cc1cccc([C@@](O)(CC(=O)c2cc(Br)ccc2O)C(F)(F)F)c1. The van der Waals surface area contributed by atoms with Gasteiger partial charge < -0.3 is 10.2 Å². The van der Waals surface area contributed by atoms with Crippen LogP contribution in [0.1, 0.15) is 27.9 Å². The topological polar surface area (TPSA) is 57.5 Å². The van der Waals surface area contributed by atoms with Gasteiger partial charge in [0.25, 0.3) is 0 Å². The van der Waals surface area contributed by atoms with Crippen molar-refractivity contribution in [3.8, 4) is 5.75 Å². The van der Waals surface area contributed by atoms with Crippen LogP contribution in [0.5, 0.6) is 5.75 Å². The average molecular weight is 403 g/mol. The lowest BCUT2D eigenvalue weighted by molar-refractivity contribution is -0.264. The van der Waals surface area contributed by atoms with Crippen LogP contribution in [0.4, 0.5) is 13.2 Å². The van der Waals surface area contributed by atoms with Crippen molar-refractivity contribution in [3.63, 3.8) is 0 Å². The van der Waals surface area contributed by atoms with E-state index in [0.717, 1.165) is 6.07 Å². The Hall–Kier alpha value is -1.86. The monoisotopic (exact) mass is 402 g/mol. The summed E-state index contributed by atoms with van der Waals surface area (Å²) in [7, 11) is 0. The summed E-state index contributed by atoms with van der Waals surface area (Å²) in [6.07, 6.45) is -6.29. The molecule has 24 heavy (non-hydrogen) atoms. The Kier molecular flexibility index (Phi) is 5.05. The van der Waals surface area contributed by atoms with Gasteiger partial charge in [-0.2, -0.15) is 13.2 Å². The molecule has 0 spiro atoms. The Morgan fingerprint density at radius 2 is 1.83 bits per heavy atom. The molecule has 1 atom stereocenters. The first-order valence-electron chi connectivity index (χ1n) is 6.92. The number of phenolic OH excluding ortho intramolecular Hbond substituents is 1. The number of phenols is 1. The van der Waals surface area contributed by atoms with Crippen LogP contribution in [0.2, 0.25) is 0 Å². The molecule has 0 saturated carbocycles. The molecule has 0 saturated heterocycles. The molecule has 0 bridgehead atoms. The van der Waals surface area contributed by atoms with Gasteiger partial charge in [-0.05, 0) is 30.7 Å². The molecule has 2 aromatic carbocycles. The Labute approximate surface area is 144 Å². The van der Waals surface area contributed by atoms with Crippen LogP contribution in [-0.2, 0) is 5.60 Å². The molecule has 0 aliphatic carbocycles. The van der Waals surface area contributed by atoms with Crippen molar-refractivity contribution in [1.82, 2.24) is 0 Å². The Balaban J connectivity index is 2.47. The number of alkyl halides is 3. The highest BCUT2D eigenvalue weighted by Gasteiger charge is 2.56. The summed E-state index contributed by atoms with van der Waals surface area (Å²) in [5.41, 5.74) is -3.53. The number of rotatable bonds is 4. The molecule has 0 aromatic heterocycles. The molecule has 7 heteroatoms. The zero-order chi connectivity index (χ0) is 18.1. The first kappa shape index (κ1) is 18.5. The third-order valence-electron chi connectivity index (χ3n) is 3.64. The van der Waals surface area contributed by atoms with Crippen LogP contribution in [0.3, 0.4) is 0 Å². The number of carbonyl (C=O) groups excluding carboxylic acids is 1. The molecule has 3 nitrogen and oxygen atoms in total. The first-order chi connectivity index (χ1) is 11.0. The number of hydrogen-bond donors (Lipinski definition) is 2. The summed E-state index contributed by atoms with van der Waals surface area (Å²) in [6.45, 7) is 1.59. The third-order valence-corrected chi connectivity index (χ3v) is 4.13. The van der Waals surface area contributed by atoms with Crippen molar-refractivity contribution in [3.05, 3.63) is 63.6 Å². The Morgan fingerprint density at radius 1 is 1.17 bits per heavy atom. The van der Waals surface area contributed by atoms with Gasteiger partial charge in [0, 0.05) is 4.47 Å². The van der Waals surface area contributed by atoms with Crippen molar-refractivity contribution >= 4 is 21.7 Å². The zero-order valence-corrected chi connectivity index (χ0v) is 14.1. The molecule has 0 aliphatic rings. The molecule has 2 rings (SSSR count). The summed E-state index contributed by atoms with van der Waals surface area (Å²) in [5, 5.41) is 20.0. The quantitative estimate of drug-likeness (QED) is 0.740. The molecule has 0 amide bonds. The second-order valence-electron chi connectivity index (χ2n) is 5.49. The molecule has 2 N–H and O–H groups in total. The smallest absolute Gasteiger partial charge is 0.421 e. The maximum absolute atomic E-state index is 13.5. The highest BCUT2D eigenvalue weighted by atomic mass is 79.9.